The van der Waals surface area contributed by atoms with Gasteiger partial charge in [0.2, 0.25) is 0 Å². The lowest BCUT2D eigenvalue weighted by atomic mass is 10.0. The van der Waals surface area contributed by atoms with Crippen molar-refractivity contribution in [2.75, 3.05) is 0 Å². The Balaban J connectivity index is 1.70. The Hall–Kier alpha value is -1.32. The van der Waals surface area contributed by atoms with Crippen LogP contribution in [0.2, 0.25) is 5.02 Å². The van der Waals surface area contributed by atoms with Crippen molar-refractivity contribution >= 4 is 11.6 Å². The minimum absolute atomic E-state index is 0.422. The van der Waals surface area contributed by atoms with Crippen LogP contribution in [0.5, 0.6) is 0 Å². The van der Waals surface area contributed by atoms with Gasteiger partial charge in [0.15, 0.2) is 0 Å². The van der Waals surface area contributed by atoms with E-state index in [9.17, 15) is 0 Å². The van der Waals surface area contributed by atoms with Gasteiger partial charge in [-0.3, -0.25) is 0 Å². The van der Waals surface area contributed by atoms with Crippen LogP contribution in [0.3, 0.4) is 0 Å². The van der Waals surface area contributed by atoms with Gasteiger partial charge in [0.25, 0.3) is 0 Å². The molecule has 94 valence electrons. The molecule has 18 heavy (non-hydrogen) atoms. The Kier molecular flexibility index (Phi) is 3.35. The van der Waals surface area contributed by atoms with Crippen LogP contribution in [0.4, 0.5) is 0 Å². The predicted molar refractivity (Wildman–Crippen MR) is 72.3 cm³/mol. The lowest BCUT2D eigenvalue weighted by Crippen LogP contribution is -2.22. The van der Waals surface area contributed by atoms with Crippen molar-refractivity contribution in [3.8, 4) is 0 Å². The van der Waals surface area contributed by atoms with E-state index in [-0.39, 0.29) is 0 Å². The highest BCUT2D eigenvalue weighted by atomic mass is 35.5. The number of H-pyrrole nitrogens is 1. The molecule has 1 unspecified atom stereocenters. The van der Waals surface area contributed by atoms with Gasteiger partial charge in [-0.25, -0.2) is 4.98 Å². The third-order valence-corrected chi connectivity index (χ3v) is 3.64. The molecule has 1 heterocycles. The van der Waals surface area contributed by atoms with Gasteiger partial charge in [-0.05, 0) is 36.5 Å². The van der Waals surface area contributed by atoms with E-state index in [1.54, 1.807) is 6.33 Å². The van der Waals surface area contributed by atoms with E-state index < -0.39 is 0 Å². The standard InChI is InChI=1S/C14H16ClN3/c15-12-5-3-11(4-6-12)14(10-1-2-10)17-8-13-7-16-9-18-13/h3-7,9-10,14,17H,1-2,8H2,(H,16,18). The zero-order valence-corrected chi connectivity index (χ0v) is 10.8. The molecule has 0 amide bonds. The summed E-state index contributed by atoms with van der Waals surface area (Å²) in [7, 11) is 0. The third-order valence-electron chi connectivity index (χ3n) is 3.39. The zero-order valence-electron chi connectivity index (χ0n) is 10.1. The van der Waals surface area contributed by atoms with E-state index in [1.165, 1.54) is 18.4 Å². The largest absolute Gasteiger partial charge is 0.347 e. The number of benzene rings is 1. The van der Waals surface area contributed by atoms with Gasteiger partial charge >= 0.3 is 0 Å². The maximum atomic E-state index is 5.94. The SMILES string of the molecule is Clc1ccc(C(NCc2cnc[nH]2)C2CC2)cc1. The monoisotopic (exact) mass is 261 g/mol. The van der Waals surface area contributed by atoms with Crippen molar-refractivity contribution in [3.63, 3.8) is 0 Å². The van der Waals surface area contributed by atoms with Crippen LogP contribution in [0.15, 0.2) is 36.8 Å². The third kappa shape index (κ3) is 2.74. The van der Waals surface area contributed by atoms with Gasteiger partial charge in [-0.1, -0.05) is 23.7 Å². The average molecular weight is 262 g/mol. The highest BCUT2D eigenvalue weighted by Crippen LogP contribution is 2.41. The molecule has 3 rings (SSSR count). The molecular formula is C14H16ClN3. The number of halogens is 1. The van der Waals surface area contributed by atoms with E-state index in [0.717, 1.165) is 23.2 Å². The van der Waals surface area contributed by atoms with Crippen molar-refractivity contribution in [3.05, 3.63) is 53.1 Å². The summed E-state index contributed by atoms with van der Waals surface area (Å²) >= 11 is 5.94. The summed E-state index contributed by atoms with van der Waals surface area (Å²) in [6.45, 7) is 0.823. The van der Waals surface area contributed by atoms with E-state index in [1.807, 2.05) is 18.3 Å². The van der Waals surface area contributed by atoms with Crippen LogP contribution < -0.4 is 5.32 Å². The molecule has 1 saturated carbocycles. The van der Waals surface area contributed by atoms with Crippen LogP contribution in [0.25, 0.3) is 0 Å². The van der Waals surface area contributed by atoms with Crippen molar-refractivity contribution in [1.82, 2.24) is 15.3 Å². The van der Waals surface area contributed by atoms with Gasteiger partial charge in [-0.15, -0.1) is 0 Å². The van der Waals surface area contributed by atoms with E-state index in [4.69, 9.17) is 11.6 Å². The fourth-order valence-corrected chi connectivity index (χ4v) is 2.38. The number of hydrogen-bond acceptors (Lipinski definition) is 2. The number of aromatic nitrogens is 2. The molecule has 4 heteroatoms. The number of rotatable bonds is 5. The normalized spacial score (nSPS) is 16.7. The van der Waals surface area contributed by atoms with Crippen LogP contribution in [0.1, 0.15) is 30.1 Å². The molecule has 1 aliphatic carbocycles. The van der Waals surface area contributed by atoms with E-state index in [2.05, 4.69) is 27.4 Å². The number of aromatic amines is 1. The van der Waals surface area contributed by atoms with Gasteiger partial charge in [0.05, 0.1) is 6.33 Å². The summed E-state index contributed by atoms with van der Waals surface area (Å²) in [5.74, 6) is 0.758. The zero-order chi connectivity index (χ0) is 12.4. The first-order valence-corrected chi connectivity index (χ1v) is 6.67. The van der Waals surface area contributed by atoms with Crippen molar-refractivity contribution in [2.24, 2.45) is 5.92 Å². The molecule has 0 aliphatic heterocycles. The number of imidazole rings is 1. The van der Waals surface area contributed by atoms with Crippen molar-refractivity contribution < 1.29 is 0 Å². The number of nitrogens with zero attached hydrogens (tertiary/aromatic N) is 1. The molecule has 0 radical (unpaired) electrons. The number of hydrogen-bond donors (Lipinski definition) is 2. The van der Waals surface area contributed by atoms with Gasteiger partial charge in [0.1, 0.15) is 0 Å². The second kappa shape index (κ2) is 5.12. The number of nitrogens with one attached hydrogen (secondary N) is 2. The van der Waals surface area contributed by atoms with Crippen molar-refractivity contribution in [1.29, 1.82) is 0 Å². The molecule has 1 atom stereocenters. The predicted octanol–water partition coefficient (Wildman–Crippen LogP) is 3.30. The quantitative estimate of drug-likeness (QED) is 0.867. The van der Waals surface area contributed by atoms with Crippen LogP contribution in [-0.4, -0.2) is 9.97 Å². The Labute approximate surface area is 112 Å². The minimum atomic E-state index is 0.422. The molecule has 2 N–H and O–H groups in total. The topological polar surface area (TPSA) is 40.7 Å². The van der Waals surface area contributed by atoms with Crippen LogP contribution >= 0.6 is 11.6 Å². The molecule has 1 fully saturated rings. The summed E-state index contributed by atoms with van der Waals surface area (Å²) in [5.41, 5.74) is 2.44. The fourth-order valence-electron chi connectivity index (χ4n) is 2.26. The Morgan fingerprint density at radius 1 is 1.33 bits per heavy atom. The highest BCUT2D eigenvalue weighted by Gasteiger charge is 2.31. The molecule has 1 aliphatic rings. The first-order valence-electron chi connectivity index (χ1n) is 6.29. The highest BCUT2D eigenvalue weighted by molar-refractivity contribution is 6.30. The summed E-state index contributed by atoms with van der Waals surface area (Å²) in [6, 6.07) is 8.58. The molecule has 0 spiro atoms. The van der Waals surface area contributed by atoms with Gasteiger partial charge in [-0.2, -0.15) is 0 Å². The average Bonchev–Trinajstić information content (AvgIpc) is 3.08. The van der Waals surface area contributed by atoms with Gasteiger partial charge in [0, 0.05) is 29.5 Å². The second-order valence-electron chi connectivity index (χ2n) is 4.82. The smallest absolute Gasteiger partial charge is 0.0922 e. The van der Waals surface area contributed by atoms with Gasteiger partial charge < -0.3 is 10.3 Å². The molecule has 1 aromatic heterocycles. The summed E-state index contributed by atoms with van der Waals surface area (Å²) in [6.07, 6.45) is 6.19. The minimum Gasteiger partial charge on any atom is -0.347 e. The lowest BCUT2D eigenvalue weighted by Gasteiger charge is -2.18. The maximum Gasteiger partial charge on any atom is 0.0922 e. The molecule has 3 nitrogen and oxygen atoms in total. The molecule has 0 saturated heterocycles. The van der Waals surface area contributed by atoms with E-state index >= 15 is 0 Å². The Morgan fingerprint density at radius 2 is 2.11 bits per heavy atom. The molecule has 2 aromatic rings. The molecule has 0 bridgehead atoms. The van der Waals surface area contributed by atoms with Crippen LogP contribution in [-0.2, 0) is 6.54 Å². The maximum absolute atomic E-state index is 5.94. The Bertz CT molecular complexity index is 488. The first kappa shape index (κ1) is 11.8. The second-order valence-corrected chi connectivity index (χ2v) is 5.26. The van der Waals surface area contributed by atoms with Crippen LogP contribution in [0, 0.1) is 5.92 Å². The molecular weight excluding hydrogens is 246 g/mol. The van der Waals surface area contributed by atoms with Crippen molar-refractivity contribution in [2.45, 2.75) is 25.4 Å². The first-order chi connectivity index (χ1) is 8.83. The van der Waals surface area contributed by atoms with E-state index in [0.29, 0.717) is 6.04 Å². The summed E-state index contributed by atoms with van der Waals surface area (Å²) in [5, 5.41) is 4.40. The lowest BCUT2D eigenvalue weighted by molar-refractivity contribution is 0.477. The fraction of sp³-hybridized carbons (Fsp3) is 0.357. The summed E-state index contributed by atoms with van der Waals surface area (Å²) in [4.78, 5) is 7.15. The Morgan fingerprint density at radius 3 is 2.72 bits per heavy atom. The summed E-state index contributed by atoms with van der Waals surface area (Å²) < 4.78 is 0. The molecule has 1 aromatic carbocycles.